The standard InChI is InChI=1S/C19H21N3OS/c1-14-7-9-21(10-8-14)12-16-11-18(23)22-17(13-24-19(22)20-16)15-5-3-2-4-6-15/h2-6,11,13-14H,7-10,12H2,1H3/p+1. The van der Waals surface area contributed by atoms with Gasteiger partial charge in [0.15, 0.2) is 4.96 Å². The van der Waals surface area contributed by atoms with Gasteiger partial charge in [0.05, 0.1) is 18.8 Å². The number of nitrogens with zero attached hydrogens (tertiary/aromatic N) is 2. The fourth-order valence-electron chi connectivity index (χ4n) is 3.47. The van der Waals surface area contributed by atoms with E-state index in [1.807, 2.05) is 35.7 Å². The fraction of sp³-hybridized carbons (Fsp3) is 0.368. The van der Waals surface area contributed by atoms with Crippen molar-refractivity contribution >= 4 is 16.3 Å². The van der Waals surface area contributed by atoms with Gasteiger partial charge < -0.3 is 4.90 Å². The van der Waals surface area contributed by atoms with Crippen molar-refractivity contribution < 1.29 is 4.90 Å². The molecule has 0 atom stereocenters. The summed E-state index contributed by atoms with van der Waals surface area (Å²) >= 11 is 1.54. The highest BCUT2D eigenvalue weighted by Gasteiger charge is 2.20. The number of rotatable bonds is 3. The zero-order valence-electron chi connectivity index (χ0n) is 13.9. The first-order valence-corrected chi connectivity index (χ1v) is 9.48. The van der Waals surface area contributed by atoms with E-state index in [-0.39, 0.29) is 5.56 Å². The quantitative estimate of drug-likeness (QED) is 0.794. The zero-order chi connectivity index (χ0) is 16.5. The summed E-state index contributed by atoms with van der Waals surface area (Å²) in [5.41, 5.74) is 2.93. The predicted molar refractivity (Wildman–Crippen MR) is 97.6 cm³/mol. The summed E-state index contributed by atoms with van der Waals surface area (Å²) in [4.78, 5) is 19.8. The van der Waals surface area contributed by atoms with Crippen LogP contribution < -0.4 is 10.5 Å². The van der Waals surface area contributed by atoms with Gasteiger partial charge in [0.1, 0.15) is 12.2 Å². The maximum absolute atomic E-state index is 12.7. The molecule has 1 N–H and O–H groups in total. The molecule has 1 fully saturated rings. The summed E-state index contributed by atoms with van der Waals surface area (Å²) in [5, 5.41) is 2.03. The van der Waals surface area contributed by atoms with Crippen molar-refractivity contribution in [3.8, 4) is 11.3 Å². The normalized spacial score (nSPS) is 21.2. The molecule has 0 amide bonds. The molecule has 1 aromatic carbocycles. The smallest absolute Gasteiger partial charge is 0.259 e. The summed E-state index contributed by atoms with van der Waals surface area (Å²) in [6.07, 6.45) is 2.54. The van der Waals surface area contributed by atoms with E-state index in [4.69, 9.17) is 4.98 Å². The number of benzene rings is 1. The van der Waals surface area contributed by atoms with Crippen molar-refractivity contribution in [3.05, 3.63) is 57.8 Å². The van der Waals surface area contributed by atoms with Gasteiger partial charge in [0.25, 0.3) is 5.56 Å². The third-order valence-corrected chi connectivity index (χ3v) is 5.77. The Morgan fingerprint density at radius 3 is 2.75 bits per heavy atom. The first kappa shape index (κ1) is 15.5. The molecule has 4 nitrogen and oxygen atoms in total. The molecule has 0 aliphatic carbocycles. The van der Waals surface area contributed by atoms with E-state index in [9.17, 15) is 4.79 Å². The number of aromatic nitrogens is 2. The number of nitrogens with one attached hydrogen (secondary N) is 1. The summed E-state index contributed by atoms with van der Waals surface area (Å²) in [5.74, 6) is 0.834. The minimum atomic E-state index is 0.0277. The van der Waals surface area contributed by atoms with Crippen LogP contribution >= 0.6 is 11.3 Å². The molecule has 4 rings (SSSR count). The van der Waals surface area contributed by atoms with E-state index in [1.165, 1.54) is 25.9 Å². The SMILES string of the molecule is CC1CC[NH+](Cc2cc(=O)n3c(-c4ccccc4)csc3n2)CC1. The van der Waals surface area contributed by atoms with Gasteiger partial charge in [-0.2, -0.15) is 0 Å². The Morgan fingerprint density at radius 2 is 2.00 bits per heavy atom. The van der Waals surface area contributed by atoms with Crippen LogP contribution in [-0.2, 0) is 6.54 Å². The van der Waals surface area contributed by atoms with Crippen LogP contribution in [0.25, 0.3) is 16.2 Å². The van der Waals surface area contributed by atoms with Gasteiger partial charge in [-0.25, -0.2) is 4.98 Å². The van der Waals surface area contributed by atoms with Crippen LogP contribution in [0.3, 0.4) is 0 Å². The third kappa shape index (κ3) is 3.01. The monoisotopic (exact) mass is 340 g/mol. The Hall–Kier alpha value is -1.98. The van der Waals surface area contributed by atoms with Gasteiger partial charge >= 0.3 is 0 Å². The van der Waals surface area contributed by atoms with Crippen molar-refractivity contribution in [1.82, 2.24) is 9.38 Å². The number of piperidine rings is 1. The molecule has 124 valence electrons. The highest BCUT2D eigenvalue weighted by molar-refractivity contribution is 7.15. The lowest BCUT2D eigenvalue weighted by atomic mass is 9.99. The van der Waals surface area contributed by atoms with Gasteiger partial charge in [0, 0.05) is 11.4 Å². The molecule has 1 aliphatic heterocycles. The van der Waals surface area contributed by atoms with Gasteiger partial charge in [0.2, 0.25) is 0 Å². The van der Waals surface area contributed by atoms with Crippen molar-refractivity contribution in [2.24, 2.45) is 5.92 Å². The van der Waals surface area contributed by atoms with E-state index in [0.29, 0.717) is 0 Å². The Kier molecular flexibility index (Phi) is 4.21. The number of fused-ring (bicyclic) bond motifs is 1. The fourth-order valence-corrected chi connectivity index (χ4v) is 4.39. The van der Waals surface area contributed by atoms with Crippen LogP contribution in [-0.4, -0.2) is 22.5 Å². The van der Waals surface area contributed by atoms with Crippen LogP contribution in [0.5, 0.6) is 0 Å². The van der Waals surface area contributed by atoms with Crippen molar-refractivity contribution in [1.29, 1.82) is 0 Å². The van der Waals surface area contributed by atoms with Crippen LogP contribution in [0.2, 0.25) is 0 Å². The Balaban J connectivity index is 1.65. The van der Waals surface area contributed by atoms with Gasteiger partial charge in [-0.05, 0) is 24.3 Å². The molecule has 1 saturated heterocycles. The second kappa shape index (κ2) is 6.49. The maximum atomic E-state index is 12.7. The molecule has 0 unspecified atom stereocenters. The molecule has 0 radical (unpaired) electrons. The minimum absolute atomic E-state index is 0.0277. The van der Waals surface area contributed by atoms with E-state index in [1.54, 1.807) is 26.7 Å². The summed E-state index contributed by atoms with van der Waals surface area (Å²) in [6.45, 7) is 5.55. The summed E-state index contributed by atoms with van der Waals surface area (Å²) in [7, 11) is 0. The van der Waals surface area contributed by atoms with Crippen LogP contribution in [0.1, 0.15) is 25.5 Å². The van der Waals surface area contributed by atoms with Crippen molar-refractivity contribution in [3.63, 3.8) is 0 Å². The third-order valence-electron chi connectivity index (χ3n) is 4.94. The number of hydrogen-bond donors (Lipinski definition) is 1. The molecule has 3 heterocycles. The molecule has 1 aliphatic rings. The average molecular weight is 340 g/mol. The topological polar surface area (TPSA) is 38.8 Å². The van der Waals surface area contributed by atoms with Gasteiger partial charge in [-0.15, -0.1) is 11.3 Å². The average Bonchev–Trinajstić information content (AvgIpc) is 3.02. The second-order valence-electron chi connectivity index (χ2n) is 6.80. The van der Waals surface area contributed by atoms with Gasteiger partial charge in [-0.3, -0.25) is 9.20 Å². The molecule has 2 aromatic heterocycles. The first-order valence-electron chi connectivity index (χ1n) is 8.60. The number of thiazole rings is 1. The Labute approximate surface area is 145 Å². The second-order valence-corrected chi connectivity index (χ2v) is 7.64. The van der Waals surface area contributed by atoms with Crippen LogP contribution in [0, 0.1) is 5.92 Å². The molecule has 0 saturated carbocycles. The molecule has 3 aromatic rings. The molecular weight excluding hydrogens is 318 g/mol. The minimum Gasteiger partial charge on any atom is -0.330 e. The van der Waals surface area contributed by atoms with Crippen LogP contribution in [0.4, 0.5) is 0 Å². The zero-order valence-corrected chi connectivity index (χ0v) is 14.7. The predicted octanol–water partition coefficient (Wildman–Crippen LogP) is 2.24. The molecular formula is C19H22N3OS+. The van der Waals surface area contributed by atoms with Crippen molar-refractivity contribution in [2.75, 3.05) is 13.1 Å². The maximum Gasteiger partial charge on any atom is 0.259 e. The molecule has 0 bridgehead atoms. The Bertz CT molecular complexity index is 892. The van der Waals surface area contributed by atoms with Gasteiger partial charge in [-0.1, -0.05) is 37.3 Å². The Morgan fingerprint density at radius 1 is 1.25 bits per heavy atom. The highest BCUT2D eigenvalue weighted by atomic mass is 32.1. The van der Waals surface area contributed by atoms with E-state index >= 15 is 0 Å². The van der Waals surface area contributed by atoms with E-state index < -0.39 is 0 Å². The largest absolute Gasteiger partial charge is 0.330 e. The number of likely N-dealkylation sites (tertiary alicyclic amines) is 1. The number of quaternary nitrogens is 1. The highest BCUT2D eigenvalue weighted by Crippen LogP contribution is 2.23. The first-order chi connectivity index (χ1) is 11.7. The van der Waals surface area contributed by atoms with Crippen molar-refractivity contribution in [2.45, 2.75) is 26.3 Å². The number of hydrogen-bond acceptors (Lipinski definition) is 3. The van der Waals surface area contributed by atoms with E-state index in [2.05, 4.69) is 6.92 Å². The molecule has 24 heavy (non-hydrogen) atoms. The molecule has 5 heteroatoms. The van der Waals surface area contributed by atoms with E-state index in [0.717, 1.165) is 34.4 Å². The summed E-state index contributed by atoms with van der Waals surface area (Å²) in [6, 6.07) is 11.7. The summed E-state index contributed by atoms with van der Waals surface area (Å²) < 4.78 is 1.73. The lowest BCUT2D eigenvalue weighted by Crippen LogP contribution is -3.11. The lowest BCUT2D eigenvalue weighted by molar-refractivity contribution is -0.920. The lowest BCUT2D eigenvalue weighted by Gasteiger charge is -2.26. The molecule has 0 spiro atoms. The van der Waals surface area contributed by atoms with Crippen LogP contribution in [0.15, 0.2) is 46.6 Å².